The molecule has 1 saturated heterocycles. The van der Waals surface area contributed by atoms with E-state index in [1.54, 1.807) is 6.92 Å². The monoisotopic (exact) mass is 168 g/mol. The summed E-state index contributed by atoms with van der Waals surface area (Å²) in [6, 6.07) is 0. The van der Waals surface area contributed by atoms with Crippen molar-refractivity contribution in [3.05, 3.63) is 0 Å². The Balaban J connectivity index is 2.55. The van der Waals surface area contributed by atoms with Gasteiger partial charge >= 0.3 is 6.18 Å². The summed E-state index contributed by atoms with van der Waals surface area (Å²) >= 11 is 0. The highest BCUT2D eigenvalue weighted by molar-refractivity contribution is 4.76. The predicted octanol–water partition coefficient (Wildman–Crippen LogP) is 2.22. The lowest BCUT2D eigenvalue weighted by Gasteiger charge is -2.30. The highest BCUT2D eigenvalue weighted by atomic mass is 19.4. The van der Waals surface area contributed by atoms with Gasteiger partial charge < -0.3 is 4.74 Å². The van der Waals surface area contributed by atoms with Crippen molar-refractivity contribution in [2.75, 3.05) is 13.2 Å². The largest absolute Gasteiger partial charge is 0.394 e. The second kappa shape index (κ2) is 3.01. The molecule has 0 aliphatic carbocycles. The molecule has 1 nitrogen and oxygen atoms in total. The lowest BCUT2D eigenvalue weighted by molar-refractivity contribution is -0.213. The Bertz CT molecular complexity index is 132. The Labute approximate surface area is 63.5 Å². The maximum Gasteiger partial charge on any atom is 0.394 e. The van der Waals surface area contributed by atoms with Crippen molar-refractivity contribution < 1.29 is 17.9 Å². The summed E-state index contributed by atoms with van der Waals surface area (Å²) in [6.45, 7) is 1.93. The van der Waals surface area contributed by atoms with Gasteiger partial charge in [0, 0.05) is 6.61 Å². The van der Waals surface area contributed by atoms with E-state index in [0.29, 0.717) is 13.0 Å². The van der Waals surface area contributed by atoms with Crippen molar-refractivity contribution in [2.45, 2.75) is 19.5 Å². The average Bonchev–Trinajstić information content (AvgIpc) is 1.86. The number of rotatable bonds is 0. The van der Waals surface area contributed by atoms with E-state index in [1.807, 2.05) is 0 Å². The Morgan fingerprint density at radius 3 is 2.36 bits per heavy atom. The number of alkyl halides is 3. The molecule has 0 aromatic heterocycles. The quantitative estimate of drug-likeness (QED) is 0.539. The number of hydrogen-bond donors (Lipinski definition) is 0. The summed E-state index contributed by atoms with van der Waals surface area (Å²) in [5, 5.41) is 0. The first-order valence-corrected chi connectivity index (χ1v) is 3.66. The molecule has 0 aromatic rings. The smallest absolute Gasteiger partial charge is 0.381 e. The molecular formula is C7H11F3O. The van der Waals surface area contributed by atoms with E-state index in [9.17, 15) is 13.2 Å². The van der Waals surface area contributed by atoms with Crippen LogP contribution in [-0.2, 0) is 4.74 Å². The molecule has 0 spiro atoms. The molecule has 66 valence electrons. The van der Waals surface area contributed by atoms with E-state index in [4.69, 9.17) is 4.74 Å². The van der Waals surface area contributed by atoms with Crippen LogP contribution in [0.2, 0.25) is 0 Å². The zero-order valence-electron chi connectivity index (χ0n) is 6.32. The van der Waals surface area contributed by atoms with Crippen molar-refractivity contribution in [2.24, 2.45) is 11.8 Å². The van der Waals surface area contributed by atoms with Crippen LogP contribution in [0.15, 0.2) is 0 Å². The minimum atomic E-state index is -4.08. The van der Waals surface area contributed by atoms with Crippen molar-refractivity contribution in [1.29, 1.82) is 0 Å². The molecule has 1 aliphatic rings. The van der Waals surface area contributed by atoms with Crippen molar-refractivity contribution in [3.63, 3.8) is 0 Å². The number of ether oxygens (including phenoxy) is 1. The van der Waals surface area contributed by atoms with Crippen LogP contribution in [-0.4, -0.2) is 19.4 Å². The molecular weight excluding hydrogens is 157 g/mol. The van der Waals surface area contributed by atoms with Crippen molar-refractivity contribution >= 4 is 0 Å². The van der Waals surface area contributed by atoms with Gasteiger partial charge in [-0.3, -0.25) is 0 Å². The molecule has 0 N–H and O–H groups in total. The molecule has 0 amide bonds. The minimum absolute atomic E-state index is 0.162. The van der Waals surface area contributed by atoms with Gasteiger partial charge in [-0.2, -0.15) is 13.2 Å². The molecule has 1 fully saturated rings. The Morgan fingerprint density at radius 2 is 2.00 bits per heavy atom. The van der Waals surface area contributed by atoms with Gasteiger partial charge in [-0.1, -0.05) is 6.92 Å². The maximum atomic E-state index is 12.1. The van der Waals surface area contributed by atoms with E-state index in [0.717, 1.165) is 0 Å². The second-order valence-corrected chi connectivity index (χ2v) is 2.99. The Hall–Kier alpha value is -0.250. The van der Waals surface area contributed by atoms with Gasteiger partial charge in [0.1, 0.15) is 0 Å². The fourth-order valence-electron chi connectivity index (χ4n) is 1.26. The third-order valence-electron chi connectivity index (χ3n) is 2.12. The van der Waals surface area contributed by atoms with Gasteiger partial charge in [0.25, 0.3) is 0 Å². The summed E-state index contributed by atoms with van der Waals surface area (Å²) < 4.78 is 41.1. The first kappa shape index (κ1) is 8.84. The molecule has 0 radical (unpaired) electrons. The fourth-order valence-corrected chi connectivity index (χ4v) is 1.26. The van der Waals surface area contributed by atoms with Crippen LogP contribution in [0.25, 0.3) is 0 Å². The SMILES string of the molecule is CC1CCOCC1C(F)(F)F. The Morgan fingerprint density at radius 1 is 1.36 bits per heavy atom. The van der Waals surface area contributed by atoms with Gasteiger partial charge in [-0.15, -0.1) is 0 Å². The van der Waals surface area contributed by atoms with Crippen LogP contribution in [0.5, 0.6) is 0 Å². The first-order chi connectivity index (χ1) is 5.02. The van der Waals surface area contributed by atoms with Crippen LogP contribution < -0.4 is 0 Å². The molecule has 2 atom stereocenters. The molecule has 1 aliphatic heterocycles. The molecule has 0 aromatic carbocycles. The van der Waals surface area contributed by atoms with Crippen LogP contribution in [0, 0.1) is 11.8 Å². The van der Waals surface area contributed by atoms with E-state index in [-0.39, 0.29) is 12.5 Å². The van der Waals surface area contributed by atoms with E-state index in [1.165, 1.54) is 0 Å². The molecule has 0 bridgehead atoms. The normalized spacial score (nSPS) is 33.8. The van der Waals surface area contributed by atoms with Crippen molar-refractivity contribution in [3.8, 4) is 0 Å². The van der Waals surface area contributed by atoms with E-state index >= 15 is 0 Å². The molecule has 4 heteroatoms. The summed E-state index contributed by atoms with van der Waals surface area (Å²) in [7, 11) is 0. The standard InChI is InChI=1S/C7H11F3O/c1-5-2-3-11-4-6(5)7(8,9)10/h5-6H,2-4H2,1H3. The van der Waals surface area contributed by atoms with Gasteiger partial charge in [-0.25, -0.2) is 0 Å². The topological polar surface area (TPSA) is 9.23 Å². The van der Waals surface area contributed by atoms with Crippen LogP contribution in [0.4, 0.5) is 13.2 Å². The molecule has 0 saturated carbocycles. The predicted molar refractivity (Wildman–Crippen MR) is 34.1 cm³/mol. The third-order valence-corrected chi connectivity index (χ3v) is 2.12. The van der Waals surface area contributed by atoms with Gasteiger partial charge in [0.05, 0.1) is 12.5 Å². The van der Waals surface area contributed by atoms with Crippen LogP contribution in [0.3, 0.4) is 0 Å². The van der Waals surface area contributed by atoms with Gasteiger partial charge in [0.2, 0.25) is 0 Å². The van der Waals surface area contributed by atoms with Crippen molar-refractivity contribution in [1.82, 2.24) is 0 Å². The van der Waals surface area contributed by atoms with Gasteiger partial charge in [-0.05, 0) is 12.3 Å². The summed E-state index contributed by atoms with van der Waals surface area (Å²) in [5.41, 5.74) is 0. The third kappa shape index (κ3) is 2.09. The Kier molecular flexibility index (Phi) is 2.42. The summed E-state index contributed by atoms with van der Waals surface area (Å²) in [4.78, 5) is 0. The zero-order valence-corrected chi connectivity index (χ0v) is 6.32. The van der Waals surface area contributed by atoms with E-state index < -0.39 is 12.1 Å². The zero-order chi connectivity index (χ0) is 8.48. The van der Waals surface area contributed by atoms with Gasteiger partial charge in [0.15, 0.2) is 0 Å². The first-order valence-electron chi connectivity index (χ1n) is 3.66. The molecule has 2 unspecified atom stereocenters. The lowest BCUT2D eigenvalue weighted by atomic mass is 9.90. The fraction of sp³-hybridized carbons (Fsp3) is 1.00. The number of hydrogen-bond acceptors (Lipinski definition) is 1. The molecule has 1 heterocycles. The highest BCUT2D eigenvalue weighted by Crippen LogP contribution is 2.35. The van der Waals surface area contributed by atoms with Crippen LogP contribution in [0.1, 0.15) is 13.3 Å². The number of halogens is 3. The molecule has 1 rings (SSSR count). The lowest BCUT2D eigenvalue weighted by Crippen LogP contribution is -2.36. The maximum absolute atomic E-state index is 12.1. The van der Waals surface area contributed by atoms with E-state index in [2.05, 4.69) is 0 Å². The highest BCUT2D eigenvalue weighted by Gasteiger charge is 2.44. The molecule has 11 heavy (non-hydrogen) atoms. The summed E-state index contributed by atoms with van der Waals surface area (Å²) in [6.07, 6.45) is -3.57. The van der Waals surface area contributed by atoms with Crippen LogP contribution >= 0.6 is 0 Å². The average molecular weight is 168 g/mol. The summed E-state index contributed by atoms with van der Waals surface area (Å²) in [5.74, 6) is -1.54. The second-order valence-electron chi connectivity index (χ2n) is 2.99. The minimum Gasteiger partial charge on any atom is -0.381 e.